The average Bonchev–Trinajstić information content (AvgIpc) is 2.59. The number of nitrogens with zero attached hydrogens (tertiary/aromatic N) is 4. The van der Waals surface area contributed by atoms with Gasteiger partial charge in [-0.05, 0) is 28.4 Å². The van der Waals surface area contributed by atoms with Crippen LogP contribution in [0.4, 0.5) is 5.82 Å². The molecule has 2 rings (SSSR count). The van der Waals surface area contributed by atoms with Gasteiger partial charge in [0, 0.05) is 19.4 Å². The molecule has 2 aromatic heterocycles. The van der Waals surface area contributed by atoms with Crippen LogP contribution in [0.5, 0.6) is 0 Å². The molecule has 0 amide bonds. The molecule has 0 bridgehead atoms. The molecule has 0 aliphatic heterocycles. The number of aromatic nitrogens is 4. The van der Waals surface area contributed by atoms with Crippen molar-refractivity contribution in [3.63, 3.8) is 0 Å². The van der Waals surface area contributed by atoms with Crippen LogP contribution in [0.2, 0.25) is 0 Å². The molecule has 0 aromatic carbocycles. The summed E-state index contributed by atoms with van der Waals surface area (Å²) in [7, 11) is 1.91. The molecule has 0 saturated heterocycles. The lowest BCUT2D eigenvalue weighted by molar-refractivity contribution is 0.651. The Balaban J connectivity index is 2.25. The van der Waals surface area contributed by atoms with Crippen LogP contribution in [0.3, 0.4) is 0 Å². The Morgan fingerprint density at radius 3 is 2.60 bits per heavy atom. The van der Waals surface area contributed by atoms with Gasteiger partial charge in [0.1, 0.15) is 0 Å². The van der Waals surface area contributed by atoms with Crippen molar-refractivity contribution in [2.45, 2.75) is 13.5 Å². The molecule has 0 spiro atoms. The van der Waals surface area contributed by atoms with Crippen LogP contribution in [0.25, 0.3) is 0 Å². The van der Waals surface area contributed by atoms with E-state index in [1.54, 1.807) is 9.36 Å². The molecule has 0 fully saturated rings. The van der Waals surface area contributed by atoms with Crippen molar-refractivity contribution in [1.82, 2.24) is 19.6 Å². The summed E-state index contributed by atoms with van der Waals surface area (Å²) in [5.41, 5.74) is 7.80. The monoisotopic (exact) mass is 269 g/mol. The number of hydrogen-bond acceptors (Lipinski definition) is 3. The summed E-state index contributed by atoms with van der Waals surface area (Å²) in [4.78, 5) is 0. The van der Waals surface area contributed by atoms with E-state index in [0.717, 1.165) is 15.7 Å². The summed E-state index contributed by atoms with van der Waals surface area (Å²) < 4.78 is 4.39. The van der Waals surface area contributed by atoms with Gasteiger partial charge in [0.05, 0.1) is 16.7 Å². The zero-order valence-corrected chi connectivity index (χ0v) is 10.2. The van der Waals surface area contributed by atoms with Gasteiger partial charge >= 0.3 is 0 Å². The minimum absolute atomic E-state index is 0.503. The number of aryl methyl sites for hydroxylation is 2. The highest BCUT2D eigenvalue weighted by atomic mass is 79.9. The molecule has 0 aliphatic carbocycles. The standard InChI is InChI=1S/C9H12BrN5/c1-6-3-14(2)12-8(6)5-15-4-7(10)9(11)13-15/h3-4H,5H2,1-2H3,(H2,11,13). The van der Waals surface area contributed by atoms with E-state index in [1.807, 2.05) is 26.4 Å². The first-order valence-corrected chi connectivity index (χ1v) is 5.33. The van der Waals surface area contributed by atoms with Crippen molar-refractivity contribution in [3.05, 3.63) is 28.1 Å². The topological polar surface area (TPSA) is 61.7 Å². The molecular weight excluding hydrogens is 258 g/mol. The molecule has 2 aromatic rings. The molecule has 2 N–H and O–H groups in total. The van der Waals surface area contributed by atoms with Gasteiger partial charge in [0.15, 0.2) is 5.82 Å². The van der Waals surface area contributed by atoms with Crippen molar-refractivity contribution in [3.8, 4) is 0 Å². The van der Waals surface area contributed by atoms with Gasteiger partial charge in [-0.25, -0.2) is 0 Å². The number of halogens is 1. The quantitative estimate of drug-likeness (QED) is 0.895. The zero-order chi connectivity index (χ0) is 11.0. The van der Waals surface area contributed by atoms with E-state index in [1.165, 1.54) is 0 Å². The van der Waals surface area contributed by atoms with Gasteiger partial charge in [-0.3, -0.25) is 9.36 Å². The second-order valence-electron chi connectivity index (χ2n) is 3.49. The Bertz CT molecular complexity index is 465. The predicted octanol–water partition coefficient (Wildman–Crippen LogP) is 1.32. The van der Waals surface area contributed by atoms with Gasteiger partial charge in [0.2, 0.25) is 0 Å². The summed E-state index contributed by atoms with van der Waals surface area (Å²) in [6.45, 7) is 2.67. The molecular formula is C9H12BrN5. The molecule has 80 valence electrons. The second-order valence-corrected chi connectivity index (χ2v) is 4.35. The summed E-state index contributed by atoms with van der Waals surface area (Å²) in [5.74, 6) is 0.503. The van der Waals surface area contributed by atoms with Crippen LogP contribution in [0.1, 0.15) is 11.3 Å². The van der Waals surface area contributed by atoms with Crippen molar-refractivity contribution in [2.75, 3.05) is 5.73 Å². The Labute approximate surface area is 96.0 Å². The first kappa shape index (κ1) is 10.2. The van der Waals surface area contributed by atoms with Crippen molar-refractivity contribution in [1.29, 1.82) is 0 Å². The number of anilines is 1. The lowest BCUT2D eigenvalue weighted by Crippen LogP contribution is -2.03. The van der Waals surface area contributed by atoms with E-state index in [0.29, 0.717) is 12.4 Å². The van der Waals surface area contributed by atoms with Crippen LogP contribution in [0.15, 0.2) is 16.9 Å². The molecule has 6 heteroatoms. The highest BCUT2D eigenvalue weighted by Crippen LogP contribution is 2.17. The van der Waals surface area contributed by atoms with Crippen LogP contribution in [-0.2, 0) is 13.6 Å². The van der Waals surface area contributed by atoms with Gasteiger partial charge in [-0.1, -0.05) is 0 Å². The summed E-state index contributed by atoms with van der Waals surface area (Å²) in [6.07, 6.45) is 3.83. The zero-order valence-electron chi connectivity index (χ0n) is 8.61. The van der Waals surface area contributed by atoms with Crippen LogP contribution < -0.4 is 5.73 Å². The molecule has 0 saturated carbocycles. The third kappa shape index (κ3) is 2.04. The van der Waals surface area contributed by atoms with Gasteiger partial charge in [0.25, 0.3) is 0 Å². The smallest absolute Gasteiger partial charge is 0.159 e. The maximum atomic E-state index is 5.63. The molecule has 0 atom stereocenters. The first-order chi connectivity index (χ1) is 7.06. The Kier molecular flexibility index (Phi) is 2.52. The first-order valence-electron chi connectivity index (χ1n) is 4.54. The second kappa shape index (κ2) is 3.69. The van der Waals surface area contributed by atoms with E-state index in [-0.39, 0.29) is 0 Å². The SMILES string of the molecule is Cc1cn(C)nc1Cn1cc(Br)c(N)n1. The van der Waals surface area contributed by atoms with Gasteiger partial charge in [-0.2, -0.15) is 10.2 Å². The van der Waals surface area contributed by atoms with Gasteiger partial charge in [-0.15, -0.1) is 0 Å². The van der Waals surface area contributed by atoms with Crippen LogP contribution in [-0.4, -0.2) is 19.6 Å². The fourth-order valence-electron chi connectivity index (χ4n) is 1.46. The minimum atomic E-state index is 0.503. The Hall–Kier alpha value is -1.30. The van der Waals surface area contributed by atoms with Gasteiger partial charge < -0.3 is 5.73 Å². The highest BCUT2D eigenvalue weighted by Gasteiger charge is 2.07. The van der Waals surface area contributed by atoms with Crippen molar-refractivity contribution < 1.29 is 0 Å². The summed E-state index contributed by atoms with van der Waals surface area (Å²) in [5, 5.41) is 8.50. The lowest BCUT2D eigenvalue weighted by atomic mass is 10.3. The number of rotatable bonds is 2. The number of hydrogen-bond donors (Lipinski definition) is 1. The normalized spacial score (nSPS) is 10.9. The lowest BCUT2D eigenvalue weighted by Gasteiger charge is -1.98. The van der Waals surface area contributed by atoms with E-state index in [2.05, 4.69) is 26.1 Å². The maximum absolute atomic E-state index is 5.63. The summed E-state index contributed by atoms with van der Waals surface area (Å²) in [6, 6.07) is 0. The highest BCUT2D eigenvalue weighted by molar-refractivity contribution is 9.10. The largest absolute Gasteiger partial charge is 0.381 e. The van der Waals surface area contributed by atoms with Crippen molar-refractivity contribution >= 4 is 21.7 Å². The van der Waals surface area contributed by atoms with E-state index < -0.39 is 0 Å². The molecule has 0 radical (unpaired) electrons. The molecule has 0 unspecified atom stereocenters. The third-order valence-corrected chi connectivity index (χ3v) is 2.78. The molecule has 15 heavy (non-hydrogen) atoms. The molecule has 0 aliphatic rings. The van der Waals surface area contributed by atoms with Crippen molar-refractivity contribution in [2.24, 2.45) is 7.05 Å². The Morgan fingerprint density at radius 1 is 1.40 bits per heavy atom. The maximum Gasteiger partial charge on any atom is 0.159 e. The van der Waals surface area contributed by atoms with E-state index >= 15 is 0 Å². The van der Waals surface area contributed by atoms with Crippen LogP contribution in [0, 0.1) is 6.92 Å². The third-order valence-electron chi connectivity index (χ3n) is 2.17. The summed E-state index contributed by atoms with van der Waals surface area (Å²) >= 11 is 3.32. The average molecular weight is 270 g/mol. The van der Waals surface area contributed by atoms with E-state index in [9.17, 15) is 0 Å². The number of nitrogens with two attached hydrogens (primary N) is 1. The molecule has 2 heterocycles. The molecule has 5 nitrogen and oxygen atoms in total. The number of nitrogen functional groups attached to an aromatic ring is 1. The fourth-order valence-corrected chi connectivity index (χ4v) is 1.77. The van der Waals surface area contributed by atoms with Crippen LogP contribution >= 0.6 is 15.9 Å². The van der Waals surface area contributed by atoms with E-state index in [4.69, 9.17) is 5.73 Å². The fraction of sp³-hybridized carbons (Fsp3) is 0.333. The predicted molar refractivity (Wildman–Crippen MR) is 61.4 cm³/mol. The minimum Gasteiger partial charge on any atom is -0.381 e. The Morgan fingerprint density at radius 2 is 2.13 bits per heavy atom.